The Morgan fingerprint density at radius 2 is 1.02 bits per heavy atom. The highest BCUT2D eigenvalue weighted by atomic mass is 15.1. The van der Waals surface area contributed by atoms with Crippen molar-refractivity contribution in [2.24, 2.45) is 0 Å². The van der Waals surface area contributed by atoms with Crippen LogP contribution in [0.1, 0.15) is 20.3 Å². The molecule has 0 spiro atoms. The molecule has 0 atom stereocenters. The lowest BCUT2D eigenvalue weighted by Gasteiger charge is -2.28. The Morgan fingerprint density at radius 3 is 1.78 bits per heavy atom. The Morgan fingerprint density at radius 1 is 0.431 bits per heavy atom. The largest absolute Gasteiger partial charge is 0.314 e. The molecule has 10 aromatic carbocycles. The molecule has 65 heavy (non-hydrogen) atoms. The van der Waals surface area contributed by atoms with Crippen LogP contribution in [0.15, 0.2) is 248 Å². The van der Waals surface area contributed by atoms with E-state index in [0.717, 1.165) is 23.5 Å². The third-order valence-corrected chi connectivity index (χ3v) is 12.9. The van der Waals surface area contributed by atoms with Crippen molar-refractivity contribution in [2.75, 3.05) is 4.90 Å². The number of aromatic nitrogens is 1. The first-order valence-corrected chi connectivity index (χ1v) is 22.7. The third kappa shape index (κ3) is 7.39. The van der Waals surface area contributed by atoms with Gasteiger partial charge in [0.05, 0.1) is 11.0 Å². The Balaban J connectivity index is 0.961. The molecule has 0 bridgehead atoms. The lowest BCUT2D eigenvalue weighted by atomic mass is 9.95. The van der Waals surface area contributed by atoms with Crippen LogP contribution in [0, 0.1) is 0 Å². The molecule has 1 heterocycles. The van der Waals surface area contributed by atoms with E-state index in [1.54, 1.807) is 0 Å². The van der Waals surface area contributed by atoms with Crippen LogP contribution in [-0.4, -0.2) is 4.57 Å². The molecule has 0 fully saturated rings. The minimum absolute atomic E-state index is 0.875. The van der Waals surface area contributed by atoms with Crippen molar-refractivity contribution in [1.29, 1.82) is 0 Å². The number of allylic oxidation sites excluding steroid dienone is 4. The zero-order chi connectivity index (χ0) is 43.7. The highest BCUT2D eigenvalue weighted by molar-refractivity contribution is 6.16. The van der Waals surface area contributed by atoms with Crippen molar-refractivity contribution in [3.63, 3.8) is 0 Å². The highest BCUT2D eigenvalue weighted by Gasteiger charge is 2.18. The van der Waals surface area contributed by atoms with Gasteiger partial charge in [0.15, 0.2) is 0 Å². The quantitative estimate of drug-likeness (QED) is 0.0984. The number of fused-ring (bicyclic) bond motifs is 6. The van der Waals surface area contributed by atoms with Crippen LogP contribution in [0.3, 0.4) is 0 Å². The molecular formula is C63H48N2. The fraction of sp³-hybridized carbons (Fsp3) is 0.0476. The molecule has 0 aliphatic heterocycles. The fourth-order valence-corrected chi connectivity index (χ4v) is 9.70. The minimum Gasteiger partial charge on any atom is -0.314 e. The molecule has 0 aliphatic carbocycles. The smallest absolute Gasteiger partial charge is 0.0547 e. The van der Waals surface area contributed by atoms with Gasteiger partial charge in [0.2, 0.25) is 0 Å². The second kappa shape index (κ2) is 17.2. The van der Waals surface area contributed by atoms with Crippen molar-refractivity contribution in [1.82, 2.24) is 4.57 Å². The maximum atomic E-state index is 2.44. The van der Waals surface area contributed by atoms with Gasteiger partial charge in [0.1, 0.15) is 0 Å². The predicted molar refractivity (Wildman–Crippen MR) is 279 cm³/mol. The summed E-state index contributed by atoms with van der Waals surface area (Å²) in [6, 6.07) is 82.1. The monoisotopic (exact) mass is 832 g/mol. The summed E-state index contributed by atoms with van der Waals surface area (Å²) in [5.74, 6) is 0. The first-order chi connectivity index (χ1) is 32.1. The standard InChI is InChI=1S/C63H48N2/c1-3-5-22-53(4-2)64(54-37-35-47(36-38-54)46-31-29-45(30-32-46)44-16-7-6-8-17-44)55-23-14-20-50(42-55)49-19-13-21-51(41-49)59-26-15-28-62-63(59)60-25-11-12-27-61(60)65(62)56-39-40-58-52(43-56)34-33-48-18-9-10-24-57(48)58/h3,5-43H,4H2,1-2H3/b5-3-,53-22+. The van der Waals surface area contributed by atoms with Crippen molar-refractivity contribution in [3.05, 3.63) is 248 Å². The molecular weight excluding hydrogens is 785 g/mol. The van der Waals surface area contributed by atoms with Gasteiger partial charge in [-0.25, -0.2) is 0 Å². The van der Waals surface area contributed by atoms with Gasteiger partial charge >= 0.3 is 0 Å². The Kier molecular flexibility index (Phi) is 10.5. The summed E-state index contributed by atoms with van der Waals surface area (Å²) in [6.07, 6.45) is 7.35. The van der Waals surface area contributed by atoms with Gasteiger partial charge < -0.3 is 9.47 Å². The number of para-hydroxylation sites is 1. The van der Waals surface area contributed by atoms with Crippen LogP contribution in [0.4, 0.5) is 11.4 Å². The fourth-order valence-electron chi connectivity index (χ4n) is 9.70. The molecule has 11 aromatic rings. The Hall–Kier alpha value is -8.20. The summed E-state index contributed by atoms with van der Waals surface area (Å²) in [7, 11) is 0. The molecule has 310 valence electrons. The van der Waals surface area contributed by atoms with Crippen LogP contribution in [-0.2, 0) is 0 Å². The van der Waals surface area contributed by atoms with Crippen LogP contribution in [0.25, 0.3) is 93.5 Å². The van der Waals surface area contributed by atoms with Gasteiger partial charge in [0, 0.05) is 33.5 Å². The van der Waals surface area contributed by atoms with Crippen molar-refractivity contribution < 1.29 is 0 Å². The topological polar surface area (TPSA) is 8.17 Å². The number of hydrogen-bond donors (Lipinski definition) is 0. The zero-order valence-electron chi connectivity index (χ0n) is 36.7. The molecule has 0 aliphatic rings. The van der Waals surface area contributed by atoms with Crippen molar-refractivity contribution in [2.45, 2.75) is 20.3 Å². The lowest BCUT2D eigenvalue weighted by molar-refractivity contribution is 1.01. The molecule has 2 nitrogen and oxygen atoms in total. The van der Waals surface area contributed by atoms with Crippen LogP contribution >= 0.6 is 0 Å². The lowest BCUT2D eigenvalue weighted by Crippen LogP contribution is -2.16. The van der Waals surface area contributed by atoms with E-state index in [-0.39, 0.29) is 0 Å². The number of rotatable bonds is 10. The van der Waals surface area contributed by atoms with Crippen LogP contribution < -0.4 is 4.90 Å². The first kappa shape index (κ1) is 39.6. The SMILES string of the molecule is C/C=C\C=C(/CC)N(c1ccc(-c2ccc(-c3ccccc3)cc2)cc1)c1cccc(-c2cccc(-c3cccc4c3c3ccccc3n4-c3ccc4c(ccc5ccccc54)c3)c2)c1. The molecule has 2 heteroatoms. The summed E-state index contributed by atoms with van der Waals surface area (Å²) >= 11 is 0. The van der Waals surface area contributed by atoms with E-state index in [4.69, 9.17) is 0 Å². The highest BCUT2D eigenvalue weighted by Crippen LogP contribution is 2.41. The molecule has 11 rings (SSSR count). The van der Waals surface area contributed by atoms with Crippen molar-refractivity contribution >= 4 is 54.7 Å². The Labute approximate surface area is 381 Å². The summed E-state index contributed by atoms with van der Waals surface area (Å²) in [4.78, 5) is 2.40. The van der Waals surface area contributed by atoms with Crippen molar-refractivity contribution in [3.8, 4) is 50.2 Å². The average Bonchev–Trinajstić information content (AvgIpc) is 3.72. The van der Waals surface area contributed by atoms with E-state index in [1.807, 2.05) is 0 Å². The van der Waals surface area contributed by atoms with E-state index in [1.165, 1.54) is 93.6 Å². The maximum Gasteiger partial charge on any atom is 0.0547 e. The normalized spacial score (nSPS) is 11.9. The number of nitrogens with zero attached hydrogens (tertiary/aromatic N) is 2. The number of anilines is 2. The predicted octanol–water partition coefficient (Wildman–Crippen LogP) is 17.8. The number of hydrogen-bond acceptors (Lipinski definition) is 1. The molecule has 0 unspecified atom stereocenters. The molecule has 0 N–H and O–H groups in total. The second-order valence-electron chi connectivity index (χ2n) is 16.7. The summed E-state index contributed by atoms with van der Waals surface area (Å²) in [5.41, 5.74) is 16.6. The molecule has 0 amide bonds. The molecule has 0 radical (unpaired) electrons. The van der Waals surface area contributed by atoms with Gasteiger partial charge in [-0.05, 0) is 140 Å². The second-order valence-corrected chi connectivity index (χ2v) is 16.7. The van der Waals surface area contributed by atoms with Crippen LogP contribution in [0.2, 0.25) is 0 Å². The summed E-state index contributed by atoms with van der Waals surface area (Å²) in [5, 5.41) is 7.56. The maximum absolute atomic E-state index is 2.44. The van der Waals surface area contributed by atoms with E-state index < -0.39 is 0 Å². The molecule has 0 saturated carbocycles. The van der Waals surface area contributed by atoms with Gasteiger partial charge in [0.25, 0.3) is 0 Å². The molecule has 0 saturated heterocycles. The van der Waals surface area contributed by atoms with E-state index in [2.05, 4.69) is 266 Å². The Bertz CT molecular complexity index is 3570. The van der Waals surface area contributed by atoms with Gasteiger partial charge in [-0.3, -0.25) is 0 Å². The van der Waals surface area contributed by atoms with E-state index >= 15 is 0 Å². The third-order valence-electron chi connectivity index (χ3n) is 12.9. The molecule has 1 aromatic heterocycles. The minimum atomic E-state index is 0.875. The van der Waals surface area contributed by atoms with Crippen LogP contribution in [0.5, 0.6) is 0 Å². The van der Waals surface area contributed by atoms with Gasteiger partial charge in [-0.2, -0.15) is 0 Å². The zero-order valence-corrected chi connectivity index (χ0v) is 36.7. The first-order valence-electron chi connectivity index (χ1n) is 22.7. The van der Waals surface area contributed by atoms with E-state index in [9.17, 15) is 0 Å². The summed E-state index contributed by atoms with van der Waals surface area (Å²) in [6.45, 7) is 4.31. The van der Waals surface area contributed by atoms with Gasteiger partial charge in [-0.1, -0.05) is 189 Å². The average molecular weight is 833 g/mol. The summed E-state index contributed by atoms with van der Waals surface area (Å²) < 4.78 is 2.44. The van der Waals surface area contributed by atoms with E-state index in [0.29, 0.717) is 0 Å². The number of benzene rings is 10. The van der Waals surface area contributed by atoms with Gasteiger partial charge in [-0.15, -0.1) is 0 Å².